The topological polar surface area (TPSA) is 222 Å². The number of carbonyl (C=O) groups is 4. The zero-order chi connectivity index (χ0) is 48.4. The van der Waals surface area contributed by atoms with E-state index in [4.69, 9.17) is 24.2 Å². The van der Waals surface area contributed by atoms with Crippen LogP contribution >= 0.6 is 11.3 Å². The molecule has 5 heterocycles. The number of ether oxygens (including phenoxy) is 3. The first-order valence-corrected chi connectivity index (χ1v) is 25.6. The molecular weight excluding hydrogens is 901 g/mol. The first kappa shape index (κ1) is 49.8. The minimum Gasteiger partial charge on any atom is -0.497 e. The Morgan fingerprint density at radius 2 is 1.82 bits per heavy atom. The summed E-state index contributed by atoms with van der Waals surface area (Å²) in [6.45, 7) is 13.8. The molecule has 0 bridgehead atoms. The highest BCUT2D eigenvalue weighted by molar-refractivity contribution is 7.86. The van der Waals surface area contributed by atoms with Crippen LogP contribution in [0.25, 0.3) is 22.3 Å². The number of hydrogen-bond acceptors (Lipinski definition) is 13. The van der Waals surface area contributed by atoms with Crippen molar-refractivity contribution in [1.29, 1.82) is 0 Å². The Hall–Kier alpha value is -5.05. The Morgan fingerprint density at radius 3 is 2.52 bits per heavy atom. The molecule has 1 saturated carbocycles. The summed E-state index contributed by atoms with van der Waals surface area (Å²) >= 11 is 1.45. The SMILES string of the molecule is COc1ccc2c(O[C@@H]3C[C@H]4C(=O)N[C@]5(C(=O)O)CC5/C=C\CCCCC[C@H](NC(=O)O[C@H](CN5CCCN(C(C)C)S5(=O)=O)C(C)(C)C)C(=O)N4C3)cc(-c3csc(NC(C)C)n3)nc2c1. The molecule has 6 atom stereocenters. The average molecular weight is 967 g/mol. The van der Waals surface area contributed by atoms with Gasteiger partial charge >= 0.3 is 12.1 Å². The maximum absolute atomic E-state index is 15.0. The summed E-state index contributed by atoms with van der Waals surface area (Å²) in [4.78, 5) is 67.3. The van der Waals surface area contributed by atoms with Gasteiger partial charge in [-0.2, -0.15) is 17.0 Å². The Morgan fingerprint density at radius 1 is 1.04 bits per heavy atom. The number of aromatic nitrogens is 2. The maximum Gasteiger partial charge on any atom is 0.408 e. The van der Waals surface area contributed by atoms with Crippen molar-refractivity contribution in [2.75, 3.05) is 38.6 Å². The molecular formula is C47H66N8O10S2. The van der Waals surface area contributed by atoms with Crippen molar-refractivity contribution in [3.8, 4) is 22.9 Å². The molecule has 4 aliphatic rings. The minimum absolute atomic E-state index is 0.0171. The molecule has 0 radical (unpaired) electrons. The van der Waals surface area contributed by atoms with Gasteiger partial charge in [0.15, 0.2) is 5.13 Å². The van der Waals surface area contributed by atoms with E-state index in [2.05, 4.69) is 16.0 Å². The van der Waals surface area contributed by atoms with Crippen LogP contribution in [-0.2, 0) is 29.3 Å². The largest absolute Gasteiger partial charge is 0.497 e. The summed E-state index contributed by atoms with van der Waals surface area (Å²) in [5.74, 6) is -1.75. The summed E-state index contributed by atoms with van der Waals surface area (Å²) in [7, 11) is -2.26. The van der Waals surface area contributed by atoms with Crippen LogP contribution in [0, 0.1) is 11.3 Å². The molecule has 3 fully saturated rings. The van der Waals surface area contributed by atoms with Crippen LogP contribution in [0.4, 0.5) is 9.93 Å². The number of benzene rings is 1. The lowest BCUT2D eigenvalue weighted by Gasteiger charge is -2.40. The number of nitrogens with zero attached hydrogens (tertiary/aromatic N) is 5. The quantitative estimate of drug-likeness (QED) is 0.149. The number of thiazole rings is 1. The number of carboxylic acids is 1. The molecule has 1 aliphatic carbocycles. The van der Waals surface area contributed by atoms with Crippen LogP contribution in [0.15, 0.2) is 41.8 Å². The van der Waals surface area contributed by atoms with Gasteiger partial charge in [-0.05, 0) is 71.9 Å². The molecule has 3 aromatic rings. The lowest BCUT2D eigenvalue weighted by molar-refractivity contribution is -0.145. The Labute approximate surface area is 397 Å². The van der Waals surface area contributed by atoms with E-state index in [1.54, 1.807) is 25.3 Å². The van der Waals surface area contributed by atoms with Gasteiger partial charge < -0.3 is 40.2 Å². The van der Waals surface area contributed by atoms with E-state index in [0.717, 1.165) is 11.6 Å². The van der Waals surface area contributed by atoms with Crippen molar-refractivity contribution in [2.45, 2.75) is 142 Å². The van der Waals surface area contributed by atoms with Gasteiger partial charge in [0.05, 0.1) is 31.4 Å². The Kier molecular flexibility index (Phi) is 15.1. The maximum atomic E-state index is 15.0. The third-order valence-corrected chi connectivity index (χ3v) is 15.9. The van der Waals surface area contributed by atoms with E-state index in [1.165, 1.54) is 24.8 Å². The Bertz CT molecular complexity index is 2460. The number of allylic oxidation sites excluding steroid dienone is 1. The lowest BCUT2D eigenvalue weighted by Crippen LogP contribution is -2.57. The zero-order valence-electron chi connectivity index (χ0n) is 39.7. The van der Waals surface area contributed by atoms with Crippen molar-refractivity contribution >= 4 is 61.5 Å². The molecule has 20 heteroatoms. The van der Waals surface area contributed by atoms with Gasteiger partial charge in [0, 0.05) is 65.8 Å². The van der Waals surface area contributed by atoms with Crippen molar-refractivity contribution in [2.24, 2.45) is 11.3 Å². The molecule has 1 aromatic carbocycles. The smallest absolute Gasteiger partial charge is 0.408 e. The number of carbonyl (C=O) groups excluding carboxylic acids is 3. The number of anilines is 1. The molecule has 1 unspecified atom stereocenters. The molecule has 0 spiro atoms. The number of carboxylic acid groups (broad SMARTS) is 1. The van der Waals surface area contributed by atoms with E-state index < -0.39 is 75.2 Å². The highest BCUT2D eigenvalue weighted by Gasteiger charge is 2.61. The molecule has 4 N–H and O–H groups in total. The predicted octanol–water partition coefficient (Wildman–Crippen LogP) is 6.19. The first-order valence-electron chi connectivity index (χ1n) is 23.3. The number of aliphatic carboxylic acids is 1. The Balaban J connectivity index is 1.18. The van der Waals surface area contributed by atoms with Crippen molar-refractivity contribution in [3.63, 3.8) is 0 Å². The molecule has 366 valence electrons. The predicted molar refractivity (Wildman–Crippen MR) is 255 cm³/mol. The zero-order valence-corrected chi connectivity index (χ0v) is 41.4. The molecule has 3 aliphatic heterocycles. The summed E-state index contributed by atoms with van der Waals surface area (Å²) in [5, 5.41) is 22.6. The number of amides is 3. The monoisotopic (exact) mass is 966 g/mol. The number of pyridine rings is 1. The number of alkyl carbamates (subject to hydrolysis) is 1. The standard InChI is InChI=1S/C47H66N8O10S2/c1-28(2)48-44-50-37(27-66-44)36-23-39(33-18-17-31(63-8)21-35(33)49-36)64-32-22-38-41(56)52-47(43(58)59)24-30(47)15-12-10-9-11-13-16-34(42(57)54(38)25-32)51-45(60)65-40(46(5,6)7)26-53-19-14-20-55(29(3)4)67(53,61)62/h12,15,17-18,21,23,27-30,32,34,38,40H,9-11,13-14,16,19-20,22,24-26H2,1-8H3,(H,48,50)(H,51,60)(H,52,56)(H,58,59)/b15-12-/t30?,32-,34+,38+,40-,47-/m1/s1. The first-order chi connectivity index (χ1) is 31.7. The summed E-state index contributed by atoms with van der Waals surface area (Å²) in [6, 6.07) is 4.81. The number of rotatable bonds is 12. The highest BCUT2D eigenvalue weighted by atomic mass is 32.2. The van der Waals surface area contributed by atoms with E-state index >= 15 is 0 Å². The second kappa shape index (κ2) is 20.3. The van der Waals surface area contributed by atoms with Crippen LogP contribution in [-0.4, -0.2) is 136 Å². The minimum atomic E-state index is -3.82. The fourth-order valence-corrected chi connectivity index (χ4v) is 11.8. The number of fused-ring (bicyclic) bond motifs is 3. The van der Waals surface area contributed by atoms with E-state index in [-0.39, 0.29) is 51.0 Å². The van der Waals surface area contributed by atoms with E-state index in [9.17, 15) is 32.7 Å². The summed E-state index contributed by atoms with van der Waals surface area (Å²) in [6.07, 6.45) is 5.04. The van der Waals surface area contributed by atoms with Crippen molar-refractivity contribution in [3.05, 3.63) is 41.8 Å². The van der Waals surface area contributed by atoms with Crippen LogP contribution in [0.5, 0.6) is 11.5 Å². The molecule has 67 heavy (non-hydrogen) atoms. The van der Waals surface area contributed by atoms with Crippen molar-refractivity contribution in [1.82, 2.24) is 34.1 Å². The van der Waals surface area contributed by atoms with Gasteiger partial charge in [-0.15, -0.1) is 11.3 Å². The second-order valence-corrected chi connectivity index (χ2v) is 22.5. The number of hydrogen-bond donors (Lipinski definition) is 4. The van der Waals surface area contributed by atoms with Crippen LogP contribution in [0.1, 0.15) is 99.8 Å². The van der Waals surface area contributed by atoms with Gasteiger partial charge in [0.25, 0.3) is 10.2 Å². The summed E-state index contributed by atoms with van der Waals surface area (Å²) in [5.41, 5.74) is -0.487. The highest BCUT2D eigenvalue weighted by Crippen LogP contribution is 2.46. The molecule has 7 rings (SSSR count). The van der Waals surface area contributed by atoms with Gasteiger partial charge in [-0.1, -0.05) is 45.8 Å². The fourth-order valence-electron chi connectivity index (χ4n) is 9.03. The van der Waals surface area contributed by atoms with Crippen LogP contribution < -0.4 is 25.4 Å². The average Bonchev–Trinajstić information content (AvgIpc) is 3.51. The molecule has 2 aromatic heterocycles. The van der Waals surface area contributed by atoms with Gasteiger partial charge in [-0.3, -0.25) is 9.59 Å². The number of nitrogens with one attached hydrogen (secondary N) is 3. The molecule has 3 amide bonds. The van der Waals surface area contributed by atoms with Gasteiger partial charge in [0.2, 0.25) is 11.8 Å². The van der Waals surface area contributed by atoms with Crippen LogP contribution in [0.3, 0.4) is 0 Å². The van der Waals surface area contributed by atoms with Gasteiger partial charge in [0.1, 0.15) is 47.0 Å². The normalized spacial score (nSPS) is 26.1. The lowest BCUT2D eigenvalue weighted by atomic mass is 9.89. The second-order valence-electron chi connectivity index (χ2n) is 19.7. The van der Waals surface area contributed by atoms with Crippen LogP contribution in [0.2, 0.25) is 0 Å². The van der Waals surface area contributed by atoms with Crippen molar-refractivity contribution < 1.29 is 46.9 Å². The van der Waals surface area contributed by atoms with E-state index in [0.29, 0.717) is 66.0 Å². The summed E-state index contributed by atoms with van der Waals surface area (Å²) < 4.78 is 48.4. The van der Waals surface area contributed by atoms with E-state index in [1.807, 2.05) is 72.1 Å². The molecule has 18 nitrogen and oxygen atoms in total. The number of methoxy groups -OCH3 is 1. The molecule has 2 saturated heterocycles. The van der Waals surface area contributed by atoms with Gasteiger partial charge in [-0.25, -0.2) is 19.6 Å². The third kappa shape index (κ3) is 11.3. The fraction of sp³-hybridized carbons (Fsp3) is 0.617. The third-order valence-electron chi connectivity index (χ3n) is 12.9.